The lowest BCUT2D eigenvalue weighted by molar-refractivity contribution is -0.123. The average Bonchev–Trinajstić information content (AvgIpc) is 3.20. The van der Waals surface area contributed by atoms with Crippen molar-refractivity contribution in [1.29, 1.82) is 0 Å². The summed E-state index contributed by atoms with van der Waals surface area (Å²) in [7, 11) is 1.60. The van der Waals surface area contributed by atoms with Crippen LogP contribution in [0.5, 0.6) is 11.5 Å². The predicted molar refractivity (Wildman–Crippen MR) is 102 cm³/mol. The molecule has 0 saturated carbocycles. The number of nitrogens with one attached hydrogen (secondary N) is 1. The topological polar surface area (TPSA) is 50.8 Å². The second kappa shape index (κ2) is 9.34. The Kier molecular flexibility index (Phi) is 6.87. The predicted octanol–water partition coefficient (Wildman–Crippen LogP) is 2.41. The van der Waals surface area contributed by atoms with Crippen LogP contribution in [-0.2, 0) is 4.79 Å². The molecule has 0 bridgehead atoms. The van der Waals surface area contributed by atoms with Gasteiger partial charge in [-0.25, -0.2) is 0 Å². The molecule has 2 saturated heterocycles. The summed E-state index contributed by atoms with van der Waals surface area (Å²) in [5.74, 6) is 4.37. The summed E-state index contributed by atoms with van der Waals surface area (Å²) in [6, 6.07) is 8.16. The lowest BCUT2D eigenvalue weighted by Crippen LogP contribution is -2.44. The van der Waals surface area contributed by atoms with Crippen molar-refractivity contribution in [2.75, 3.05) is 44.9 Å². The minimum atomic E-state index is -0.0690. The Balaban J connectivity index is 1.34. The molecule has 0 spiro atoms. The highest BCUT2D eigenvalue weighted by atomic mass is 32.2. The maximum Gasteiger partial charge on any atom is 0.257 e. The third-order valence-electron chi connectivity index (χ3n) is 5.09. The van der Waals surface area contributed by atoms with Crippen molar-refractivity contribution in [2.24, 2.45) is 5.92 Å². The van der Waals surface area contributed by atoms with E-state index in [9.17, 15) is 4.79 Å². The molecule has 1 amide bonds. The highest BCUT2D eigenvalue weighted by Gasteiger charge is 2.27. The van der Waals surface area contributed by atoms with Gasteiger partial charge in [0.15, 0.2) is 18.1 Å². The lowest BCUT2D eigenvalue weighted by atomic mass is 9.95. The summed E-state index contributed by atoms with van der Waals surface area (Å²) in [6.45, 7) is 3.12. The van der Waals surface area contributed by atoms with Gasteiger partial charge in [0.25, 0.3) is 5.91 Å². The normalized spacial score (nSPS) is 21.9. The third-order valence-corrected chi connectivity index (χ3v) is 6.23. The highest BCUT2D eigenvalue weighted by molar-refractivity contribution is 7.99. The molecule has 1 unspecified atom stereocenters. The molecule has 6 heteroatoms. The Morgan fingerprint density at radius 1 is 1.24 bits per heavy atom. The highest BCUT2D eigenvalue weighted by Crippen LogP contribution is 2.27. The van der Waals surface area contributed by atoms with Gasteiger partial charge >= 0.3 is 0 Å². The van der Waals surface area contributed by atoms with E-state index in [0.29, 0.717) is 17.4 Å². The Labute approximate surface area is 154 Å². The van der Waals surface area contributed by atoms with Crippen LogP contribution in [0, 0.1) is 5.92 Å². The average molecular weight is 365 g/mol. The van der Waals surface area contributed by atoms with Crippen molar-refractivity contribution in [2.45, 2.75) is 25.3 Å². The Hall–Kier alpha value is -1.40. The number of benzene rings is 1. The van der Waals surface area contributed by atoms with Crippen LogP contribution in [0.2, 0.25) is 0 Å². The minimum Gasteiger partial charge on any atom is -0.493 e. The molecule has 0 aliphatic carbocycles. The Morgan fingerprint density at radius 2 is 2.00 bits per heavy atom. The summed E-state index contributed by atoms with van der Waals surface area (Å²) in [4.78, 5) is 14.7. The number of piperidine rings is 1. The SMILES string of the molecule is COc1ccccc1OCC(=O)NCC1CCN(C2CCSC2)CC1. The van der Waals surface area contributed by atoms with Gasteiger partial charge in [-0.3, -0.25) is 9.69 Å². The number of hydrogen-bond donors (Lipinski definition) is 1. The van der Waals surface area contributed by atoms with Crippen molar-refractivity contribution in [3.05, 3.63) is 24.3 Å². The second-order valence-electron chi connectivity index (χ2n) is 6.74. The zero-order valence-electron chi connectivity index (χ0n) is 14.9. The third kappa shape index (κ3) is 5.28. The summed E-state index contributed by atoms with van der Waals surface area (Å²) in [6.07, 6.45) is 3.69. The van der Waals surface area contributed by atoms with Crippen molar-refractivity contribution >= 4 is 17.7 Å². The lowest BCUT2D eigenvalue weighted by Gasteiger charge is -2.35. The first-order valence-electron chi connectivity index (χ1n) is 9.10. The van der Waals surface area contributed by atoms with Crippen LogP contribution in [0.25, 0.3) is 0 Å². The Morgan fingerprint density at radius 3 is 2.68 bits per heavy atom. The minimum absolute atomic E-state index is 0.0263. The fourth-order valence-corrected chi connectivity index (χ4v) is 4.78. The van der Waals surface area contributed by atoms with E-state index in [2.05, 4.69) is 22.0 Å². The van der Waals surface area contributed by atoms with Crippen molar-refractivity contribution < 1.29 is 14.3 Å². The molecule has 5 nitrogen and oxygen atoms in total. The molecule has 1 aromatic rings. The van der Waals surface area contributed by atoms with Gasteiger partial charge in [0.05, 0.1) is 7.11 Å². The van der Waals surface area contributed by atoms with Crippen LogP contribution < -0.4 is 14.8 Å². The first-order valence-corrected chi connectivity index (χ1v) is 10.3. The number of methoxy groups -OCH3 is 1. The molecular weight excluding hydrogens is 336 g/mol. The molecule has 0 radical (unpaired) electrons. The van der Waals surface area contributed by atoms with Gasteiger partial charge in [0.2, 0.25) is 0 Å². The first kappa shape index (κ1) is 18.4. The van der Waals surface area contributed by atoms with Gasteiger partial charge in [-0.2, -0.15) is 11.8 Å². The number of rotatable bonds is 7. The number of para-hydroxylation sites is 2. The largest absolute Gasteiger partial charge is 0.493 e. The van der Waals surface area contributed by atoms with Gasteiger partial charge < -0.3 is 14.8 Å². The molecule has 1 N–H and O–H groups in total. The van der Waals surface area contributed by atoms with Crippen molar-refractivity contribution in [3.63, 3.8) is 0 Å². The van der Waals surface area contributed by atoms with Crippen molar-refractivity contribution in [1.82, 2.24) is 10.2 Å². The summed E-state index contributed by atoms with van der Waals surface area (Å²) < 4.78 is 10.8. The second-order valence-corrected chi connectivity index (χ2v) is 7.89. The number of carbonyl (C=O) groups is 1. The zero-order chi connectivity index (χ0) is 17.5. The van der Waals surface area contributed by atoms with E-state index in [1.807, 2.05) is 24.3 Å². The molecule has 25 heavy (non-hydrogen) atoms. The van der Waals surface area contributed by atoms with Crippen molar-refractivity contribution in [3.8, 4) is 11.5 Å². The molecule has 2 heterocycles. The maximum absolute atomic E-state index is 12.0. The zero-order valence-corrected chi connectivity index (χ0v) is 15.7. The van der Waals surface area contributed by atoms with Crippen LogP contribution in [0.3, 0.4) is 0 Å². The smallest absolute Gasteiger partial charge is 0.257 e. The number of amides is 1. The molecule has 2 aliphatic rings. The fraction of sp³-hybridized carbons (Fsp3) is 0.632. The quantitative estimate of drug-likeness (QED) is 0.805. The number of ether oxygens (including phenoxy) is 2. The molecule has 1 atom stereocenters. The number of nitrogens with zero attached hydrogens (tertiary/aromatic N) is 1. The van der Waals surface area contributed by atoms with E-state index in [1.165, 1.54) is 43.9 Å². The van der Waals surface area contributed by atoms with Crippen LogP contribution >= 0.6 is 11.8 Å². The number of hydrogen-bond acceptors (Lipinski definition) is 5. The molecule has 138 valence electrons. The Bertz CT molecular complexity index is 555. The summed E-state index contributed by atoms with van der Waals surface area (Å²) in [5, 5.41) is 3.02. The molecule has 2 aliphatic heterocycles. The van der Waals surface area contributed by atoms with Gasteiger partial charge in [0, 0.05) is 18.3 Å². The van der Waals surface area contributed by atoms with Gasteiger partial charge in [-0.15, -0.1) is 0 Å². The van der Waals surface area contributed by atoms with E-state index >= 15 is 0 Å². The van der Waals surface area contributed by atoms with E-state index < -0.39 is 0 Å². The monoisotopic (exact) mass is 364 g/mol. The van der Waals surface area contributed by atoms with Crippen LogP contribution in [-0.4, -0.2) is 61.7 Å². The van der Waals surface area contributed by atoms with E-state index in [-0.39, 0.29) is 12.5 Å². The van der Waals surface area contributed by atoms with Crippen LogP contribution in [0.1, 0.15) is 19.3 Å². The summed E-state index contributed by atoms with van der Waals surface area (Å²) in [5.41, 5.74) is 0. The van der Waals surface area contributed by atoms with Crippen LogP contribution in [0.15, 0.2) is 24.3 Å². The van der Waals surface area contributed by atoms with Crippen LogP contribution in [0.4, 0.5) is 0 Å². The molecular formula is C19H28N2O3S. The number of thioether (sulfide) groups is 1. The molecule has 2 fully saturated rings. The van der Waals surface area contributed by atoms with Gasteiger partial charge in [-0.1, -0.05) is 12.1 Å². The molecule has 0 aromatic heterocycles. The first-order chi connectivity index (χ1) is 12.3. The van der Waals surface area contributed by atoms with Gasteiger partial charge in [-0.05, 0) is 56.2 Å². The molecule has 1 aromatic carbocycles. The van der Waals surface area contributed by atoms with E-state index in [4.69, 9.17) is 9.47 Å². The number of likely N-dealkylation sites (tertiary alicyclic amines) is 1. The van der Waals surface area contributed by atoms with Gasteiger partial charge in [0.1, 0.15) is 0 Å². The van der Waals surface area contributed by atoms with E-state index in [1.54, 1.807) is 7.11 Å². The number of carbonyl (C=O) groups excluding carboxylic acids is 1. The maximum atomic E-state index is 12.0. The summed E-state index contributed by atoms with van der Waals surface area (Å²) >= 11 is 2.08. The fourth-order valence-electron chi connectivity index (χ4n) is 3.52. The molecule has 3 rings (SSSR count). The van der Waals surface area contributed by atoms with E-state index in [0.717, 1.165) is 12.6 Å². The standard InChI is InChI=1S/C19H28N2O3S/c1-23-17-4-2-3-5-18(17)24-13-19(22)20-12-15-6-9-21(10-7-15)16-8-11-25-14-16/h2-5,15-16H,6-14H2,1H3,(H,20,22).